The number of aliphatic hydroxyl groups is 1. The van der Waals surface area contributed by atoms with Crippen LogP contribution >= 0.6 is 0 Å². The molecular weight excluding hydrogens is 302 g/mol. The van der Waals surface area contributed by atoms with Gasteiger partial charge in [-0.15, -0.1) is 0 Å². The maximum Gasteiger partial charge on any atom is 0.428 e. The van der Waals surface area contributed by atoms with Gasteiger partial charge < -0.3 is 9.84 Å². The average molecular weight is 314 g/mol. The van der Waals surface area contributed by atoms with Gasteiger partial charge >= 0.3 is 12.4 Å². The molecule has 0 amide bonds. The second kappa shape index (κ2) is 6.07. The summed E-state index contributed by atoms with van der Waals surface area (Å²) in [5, 5.41) is 8.86. The first-order valence-electron chi connectivity index (χ1n) is 5.66. The van der Waals surface area contributed by atoms with Crippen molar-refractivity contribution in [2.75, 3.05) is 6.61 Å². The van der Waals surface area contributed by atoms with E-state index in [-0.39, 0.29) is 0 Å². The van der Waals surface area contributed by atoms with Gasteiger partial charge in [0.2, 0.25) is 0 Å². The summed E-state index contributed by atoms with van der Waals surface area (Å²) >= 11 is 0. The molecule has 0 saturated carbocycles. The first-order chi connectivity index (χ1) is 9.51. The molecule has 1 N–H and O–H groups in total. The predicted molar refractivity (Wildman–Crippen MR) is 63.2 cm³/mol. The van der Waals surface area contributed by atoms with E-state index in [2.05, 4.69) is 11.3 Å². The molecule has 0 aliphatic rings. The second-order valence-corrected chi connectivity index (χ2v) is 4.29. The lowest BCUT2D eigenvalue weighted by Gasteiger charge is -2.31. The van der Waals surface area contributed by atoms with Gasteiger partial charge in [0.1, 0.15) is 0 Å². The molecular formula is C13H12F6O2. The van der Waals surface area contributed by atoms with Crippen LogP contribution in [0.15, 0.2) is 30.8 Å². The molecule has 0 fully saturated rings. The van der Waals surface area contributed by atoms with Gasteiger partial charge in [-0.05, 0) is 11.1 Å². The highest BCUT2D eigenvalue weighted by atomic mass is 19.4. The molecule has 0 aliphatic carbocycles. The molecule has 1 aromatic carbocycles. The highest BCUT2D eigenvalue weighted by molar-refractivity contribution is 5.47. The molecule has 118 valence electrons. The lowest BCUT2D eigenvalue weighted by atomic mass is 10.0. The van der Waals surface area contributed by atoms with Crippen molar-refractivity contribution in [1.82, 2.24) is 0 Å². The summed E-state index contributed by atoms with van der Waals surface area (Å²) in [7, 11) is 0. The third-order valence-corrected chi connectivity index (χ3v) is 2.73. The Morgan fingerprint density at radius 1 is 1.00 bits per heavy atom. The lowest BCUT2D eigenvalue weighted by Crippen LogP contribution is -2.59. The molecule has 0 aromatic heterocycles. The normalized spacial score (nSPS) is 13.3. The molecule has 1 rings (SSSR count). The molecule has 0 saturated heterocycles. The Kier molecular flexibility index (Phi) is 5.06. The third-order valence-electron chi connectivity index (χ3n) is 2.73. The molecule has 8 heteroatoms. The number of hydrogen-bond donors (Lipinski definition) is 1. The fraction of sp³-hybridized carbons (Fsp3) is 0.385. The van der Waals surface area contributed by atoms with E-state index in [4.69, 9.17) is 5.11 Å². The predicted octanol–water partition coefficient (Wildman–Crippen LogP) is 3.70. The van der Waals surface area contributed by atoms with Crippen LogP contribution < -0.4 is 0 Å². The van der Waals surface area contributed by atoms with Crippen LogP contribution in [0, 0.1) is 0 Å². The molecule has 0 bridgehead atoms. The van der Waals surface area contributed by atoms with Gasteiger partial charge in [0, 0.05) is 0 Å². The van der Waals surface area contributed by atoms with Crippen LogP contribution in [0.1, 0.15) is 11.1 Å². The average Bonchev–Trinajstić information content (AvgIpc) is 2.36. The Bertz CT molecular complexity index is 461. The fourth-order valence-electron chi connectivity index (χ4n) is 1.39. The largest absolute Gasteiger partial charge is 0.428 e. The van der Waals surface area contributed by atoms with Crippen LogP contribution in [0.2, 0.25) is 0 Å². The topological polar surface area (TPSA) is 29.5 Å². The van der Waals surface area contributed by atoms with E-state index in [0.29, 0.717) is 5.56 Å². The van der Waals surface area contributed by atoms with Crippen molar-refractivity contribution in [3.05, 3.63) is 42.0 Å². The zero-order valence-corrected chi connectivity index (χ0v) is 10.6. The number of benzene rings is 1. The molecule has 0 radical (unpaired) electrons. The van der Waals surface area contributed by atoms with Crippen molar-refractivity contribution >= 4 is 6.08 Å². The monoisotopic (exact) mass is 314 g/mol. The first-order valence-corrected chi connectivity index (χ1v) is 5.66. The highest BCUT2D eigenvalue weighted by Gasteiger charge is 2.70. The SMILES string of the molecule is C=Cc1ccc(COCC(O)(C(F)(F)F)C(F)(F)F)cc1. The van der Waals surface area contributed by atoms with Gasteiger partial charge in [-0.1, -0.05) is 36.9 Å². The summed E-state index contributed by atoms with van der Waals surface area (Å²) < 4.78 is 78.6. The summed E-state index contributed by atoms with van der Waals surface area (Å²) in [6.45, 7) is 1.07. The molecule has 0 spiro atoms. The van der Waals surface area contributed by atoms with Crippen molar-refractivity contribution in [3.8, 4) is 0 Å². The standard InChI is InChI=1S/C13H12F6O2/c1-2-9-3-5-10(6-4-9)7-21-8-11(20,12(14,15)16)13(17,18)19/h2-6,20H,1,7-8H2. The van der Waals surface area contributed by atoms with Crippen molar-refractivity contribution in [2.24, 2.45) is 0 Å². The van der Waals surface area contributed by atoms with Crippen molar-refractivity contribution < 1.29 is 36.2 Å². The Morgan fingerprint density at radius 3 is 1.86 bits per heavy atom. The third kappa shape index (κ3) is 3.98. The van der Waals surface area contributed by atoms with E-state index in [1.165, 1.54) is 18.2 Å². The maximum atomic E-state index is 12.4. The minimum atomic E-state index is -5.88. The maximum absolute atomic E-state index is 12.4. The van der Waals surface area contributed by atoms with Crippen molar-refractivity contribution in [1.29, 1.82) is 0 Å². The van der Waals surface area contributed by atoms with E-state index in [0.717, 1.165) is 5.56 Å². The van der Waals surface area contributed by atoms with E-state index in [1.807, 2.05) is 0 Å². The Hall–Kier alpha value is -1.54. The molecule has 0 aliphatic heterocycles. The second-order valence-electron chi connectivity index (χ2n) is 4.29. The lowest BCUT2D eigenvalue weighted by molar-refractivity contribution is -0.378. The summed E-state index contributed by atoms with van der Waals surface area (Å²) in [6.07, 6.45) is -10.2. The fourth-order valence-corrected chi connectivity index (χ4v) is 1.39. The summed E-state index contributed by atoms with van der Waals surface area (Å²) in [6, 6.07) is 6.09. The zero-order valence-electron chi connectivity index (χ0n) is 10.6. The molecule has 0 unspecified atom stereocenters. The molecule has 0 atom stereocenters. The Balaban J connectivity index is 2.72. The van der Waals surface area contributed by atoms with Crippen LogP contribution in [-0.2, 0) is 11.3 Å². The molecule has 21 heavy (non-hydrogen) atoms. The number of alkyl halides is 6. The minimum absolute atomic E-state index is 0.368. The van der Waals surface area contributed by atoms with Crippen LogP contribution in [0.5, 0.6) is 0 Å². The van der Waals surface area contributed by atoms with E-state index >= 15 is 0 Å². The van der Waals surface area contributed by atoms with Crippen molar-refractivity contribution in [2.45, 2.75) is 24.6 Å². The smallest absolute Gasteiger partial charge is 0.373 e. The summed E-state index contributed by atoms with van der Waals surface area (Å²) in [4.78, 5) is 0. The van der Waals surface area contributed by atoms with Gasteiger partial charge in [0.05, 0.1) is 13.2 Å². The minimum Gasteiger partial charge on any atom is -0.373 e. The first kappa shape index (κ1) is 17.5. The van der Waals surface area contributed by atoms with Gasteiger partial charge in [0.25, 0.3) is 5.60 Å². The molecule has 1 aromatic rings. The van der Waals surface area contributed by atoms with Gasteiger partial charge in [-0.3, -0.25) is 0 Å². The molecule has 2 nitrogen and oxygen atoms in total. The summed E-state index contributed by atoms with van der Waals surface area (Å²) in [5.41, 5.74) is -3.78. The Morgan fingerprint density at radius 2 is 1.48 bits per heavy atom. The number of rotatable bonds is 5. The van der Waals surface area contributed by atoms with Gasteiger partial charge in [-0.2, -0.15) is 26.3 Å². The number of hydrogen-bond acceptors (Lipinski definition) is 2. The van der Waals surface area contributed by atoms with Crippen molar-refractivity contribution in [3.63, 3.8) is 0 Å². The number of halogens is 6. The Labute approximate surface area is 116 Å². The summed E-state index contributed by atoms with van der Waals surface area (Å²) in [5.74, 6) is 0. The van der Waals surface area contributed by atoms with Crippen LogP contribution in [0.3, 0.4) is 0 Å². The van der Waals surface area contributed by atoms with Crippen LogP contribution in [-0.4, -0.2) is 29.7 Å². The van der Waals surface area contributed by atoms with Gasteiger partial charge in [-0.25, -0.2) is 0 Å². The van der Waals surface area contributed by atoms with E-state index in [9.17, 15) is 26.3 Å². The number of ether oxygens (including phenoxy) is 1. The van der Waals surface area contributed by atoms with E-state index in [1.54, 1.807) is 12.1 Å². The van der Waals surface area contributed by atoms with Crippen LogP contribution in [0.25, 0.3) is 6.08 Å². The van der Waals surface area contributed by atoms with Gasteiger partial charge in [0.15, 0.2) is 0 Å². The van der Waals surface area contributed by atoms with Crippen LogP contribution in [0.4, 0.5) is 26.3 Å². The molecule has 0 heterocycles. The quantitative estimate of drug-likeness (QED) is 0.840. The van der Waals surface area contributed by atoms with E-state index < -0.39 is 31.2 Å². The highest BCUT2D eigenvalue weighted by Crippen LogP contribution is 2.43. The zero-order chi connectivity index (χ0) is 16.3.